The Balaban J connectivity index is 2.91. The van der Waals surface area contributed by atoms with E-state index < -0.39 is 47.2 Å². The molecule has 0 aliphatic rings. The van der Waals surface area contributed by atoms with Crippen molar-refractivity contribution in [3.05, 3.63) is 35.3 Å². The molecule has 4 heteroatoms. The fourth-order valence-electron chi connectivity index (χ4n) is 2.45. The molecule has 0 aliphatic carbocycles. The third kappa shape index (κ3) is 9.02. The lowest BCUT2D eigenvalue weighted by atomic mass is 10.1. The Labute approximate surface area is 163 Å². The van der Waals surface area contributed by atoms with Gasteiger partial charge in [0.1, 0.15) is 0 Å². The summed E-state index contributed by atoms with van der Waals surface area (Å²) in [6.07, 6.45) is 7.32. The first-order valence-corrected chi connectivity index (χ1v) is 9.66. The largest absolute Gasteiger partial charge is 0.462 e. The maximum atomic E-state index is 12.6. The molecule has 0 fully saturated rings. The Morgan fingerprint density at radius 3 is 1.88 bits per heavy atom. The predicted molar refractivity (Wildman–Crippen MR) is 104 cm³/mol. The lowest BCUT2D eigenvalue weighted by Crippen LogP contribution is -2.15. The van der Waals surface area contributed by atoms with Crippen LogP contribution in [-0.2, 0) is 9.47 Å². The maximum Gasteiger partial charge on any atom is 0.339 e. The highest BCUT2D eigenvalue weighted by atomic mass is 16.5. The Kier molecular flexibility index (Phi) is 8.41. The first-order chi connectivity index (χ1) is 14.2. The SMILES string of the molecule is [2H]c1c([2H])c([2H])c(C(=O)OCCCCC(C)C)c(C(=O)OCCCCCCC)c1[2H]. The fourth-order valence-corrected chi connectivity index (χ4v) is 2.45. The maximum absolute atomic E-state index is 12.6. The molecule has 0 saturated carbocycles. The molecular weight excluding hydrogens is 328 g/mol. The molecule has 0 spiro atoms. The van der Waals surface area contributed by atoms with Gasteiger partial charge in [0.15, 0.2) is 0 Å². The van der Waals surface area contributed by atoms with E-state index in [9.17, 15) is 9.59 Å². The number of carbonyl (C=O) groups excluding carboxylic acids is 2. The number of esters is 2. The van der Waals surface area contributed by atoms with Gasteiger partial charge in [-0.2, -0.15) is 0 Å². The van der Waals surface area contributed by atoms with Crippen molar-refractivity contribution in [1.82, 2.24) is 0 Å². The summed E-state index contributed by atoms with van der Waals surface area (Å²) in [5.74, 6) is -1.31. The monoisotopic (exact) mass is 366 g/mol. The van der Waals surface area contributed by atoms with E-state index in [4.69, 9.17) is 15.0 Å². The molecule has 0 saturated heterocycles. The van der Waals surface area contributed by atoms with Crippen LogP contribution in [0.15, 0.2) is 24.2 Å². The van der Waals surface area contributed by atoms with Crippen molar-refractivity contribution in [2.24, 2.45) is 5.92 Å². The van der Waals surface area contributed by atoms with Crippen LogP contribution in [0.5, 0.6) is 0 Å². The number of benzene rings is 1. The van der Waals surface area contributed by atoms with Crippen LogP contribution < -0.4 is 0 Å². The average Bonchev–Trinajstić information content (AvgIpc) is 2.70. The van der Waals surface area contributed by atoms with Gasteiger partial charge in [0.05, 0.1) is 29.8 Å². The quantitative estimate of drug-likeness (QED) is 0.327. The van der Waals surface area contributed by atoms with Gasteiger partial charge in [-0.1, -0.05) is 65.0 Å². The molecule has 0 amide bonds. The molecule has 0 aromatic heterocycles. The van der Waals surface area contributed by atoms with Crippen LogP contribution in [0.4, 0.5) is 0 Å². The Morgan fingerprint density at radius 1 is 0.885 bits per heavy atom. The lowest BCUT2D eigenvalue weighted by molar-refractivity contribution is 0.0450. The minimum absolute atomic E-state index is 0.125. The van der Waals surface area contributed by atoms with Crippen molar-refractivity contribution in [3.8, 4) is 0 Å². The molecule has 1 aromatic carbocycles. The van der Waals surface area contributed by atoms with Gasteiger partial charge in [0.2, 0.25) is 0 Å². The van der Waals surface area contributed by atoms with Crippen molar-refractivity contribution in [2.45, 2.75) is 72.1 Å². The first kappa shape index (κ1) is 16.3. The third-order valence-corrected chi connectivity index (χ3v) is 3.99. The van der Waals surface area contributed by atoms with Crippen LogP contribution in [0.3, 0.4) is 0 Å². The molecule has 1 rings (SSSR count). The normalized spacial score (nSPS) is 12.9. The van der Waals surface area contributed by atoms with E-state index in [1.807, 2.05) is 0 Å². The second kappa shape index (κ2) is 13.4. The smallest absolute Gasteiger partial charge is 0.339 e. The van der Waals surface area contributed by atoms with E-state index in [1.54, 1.807) is 0 Å². The van der Waals surface area contributed by atoms with Crippen LogP contribution in [0.2, 0.25) is 0 Å². The number of unbranched alkanes of at least 4 members (excludes halogenated alkanes) is 5. The van der Waals surface area contributed by atoms with E-state index in [1.165, 1.54) is 0 Å². The topological polar surface area (TPSA) is 52.6 Å². The summed E-state index contributed by atoms with van der Waals surface area (Å²) < 4.78 is 42.2. The van der Waals surface area contributed by atoms with Crippen LogP contribution >= 0.6 is 0 Å². The van der Waals surface area contributed by atoms with Gasteiger partial charge in [-0.25, -0.2) is 9.59 Å². The molecule has 0 N–H and O–H groups in total. The minimum Gasteiger partial charge on any atom is -0.462 e. The average molecular weight is 367 g/mol. The fraction of sp³-hybridized carbons (Fsp3) is 0.636. The van der Waals surface area contributed by atoms with Gasteiger partial charge in [-0.15, -0.1) is 0 Å². The lowest BCUT2D eigenvalue weighted by Gasteiger charge is -2.10. The van der Waals surface area contributed by atoms with Crippen molar-refractivity contribution in [3.63, 3.8) is 0 Å². The van der Waals surface area contributed by atoms with E-state index in [0.717, 1.165) is 38.5 Å². The first-order valence-electron chi connectivity index (χ1n) is 11.7. The van der Waals surface area contributed by atoms with E-state index >= 15 is 0 Å². The number of carbonyl (C=O) groups is 2. The molecule has 0 radical (unpaired) electrons. The van der Waals surface area contributed by atoms with Gasteiger partial charge in [0, 0.05) is 0 Å². The predicted octanol–water partition coefficient (Wildman–Crippen LogP) is 5.80. The summed E-state index contributed by atoms with van der Waals surface area (Å²) in [6, 6.07) is -2.33. The number of rotatable bonds is 13. The highest BCUT2D eigenvalue weighted by Crippen LogP contribution is 2.14. The summed E-state index contributed by atoms with van der Waals surface area (Å²) in [6.45, 7) is 6.57. The van der Waals surface area contributed by atoms with Gasteiger partial charge < -0.3 is 9.47 Å². The van der Waals surface area contributed by atoms with Crippen molar-refractivity contribution in [1.29, 1.82) is 0 Å². The summed E-state index contributed by atoms with van der Waals surface area (Å²) in [7, 11) is 0. The van der Waals surface area contributed by atoms with E-state index in [0.29, 0.717) is 18.8 Å². The second-order valence-corrected chi connectivity index (χ2v) is 6.83. The molecule has 0 aliphatic heterocycles. The minimum atomic E-state index is -0.929. The van der Waals surface area contributed by atoms with Crippen molar-refractivity contribution >= 4 is 11.9 Å². The number of ether oxygens (including phenoxy) is 2. The molecular formula is C22H34O4. The Hall–Kier alpha value is -1.84. The van der Waals surface area contributed by atoms with Gasteiger partial charge in [-0.3, -0.25) is 0 Å². The zero-order valence-corrected chi connectivity index (χ0v) is 16.3. The molecule has 0 bridgehead atoms. The van der Waals surface area contributed by atoms with E-state index in [2.05, 4.69) is 20.8 Å². The van der Waals surface area contributed by atoms with Gasteiger partial charge >= 0.3 is 11.9 Å². The molecule has 146 valence electrons. The highest BCUT2D eigenvalue weighted by molar-refractivity contribution is 6.03. The molecule has 0 unspecified atom stereocenters. The van der Waals surface area contributed by atoms with Crippen LogP contribution in [0, 0.1) is 5.92 Å². The standard InChI is InChI=1S/C22H34O4/c1-4-5-6-7-11-16-25-21(23)19-14-8-9-15-20(19)22(24)26-17-12-10-13-18(2)3/h8-9,14-15,18H,4-7,10-13,16-17H2,1-3H3/i8D,9D,14D,15D. The number of hydrogen-bond acceptors (Lipinski definition) is 4. The highest BCUT2D eigenvalue weighted by Gasteiger charge is 2.18. The summed E-state index contributed by atoms with van der Waals surface area (Å²) in [4.78, 5) is 25.1. The summed E-state index contributed by atoms with van der Waals surface area (Å²) in [5.41, 5.74) is -0.914. The summed E-state index contributed by atoms with van der Waals surface area (Å²) in [5, 5.41) is 0. The summed E-state index contributed by atoms with van der Waals surface area (Å²) >= 11 is 0. The molecule has 0 atom stereocenters. The van der Waals surface area contributed by atoms with Crippen molar-refractivity contribution < 1.29 is 24.5 Å². The van der Waals surface area contributed by atoms with Crippen LogP contribution in [0.25, 0.3) is 0 Å². The second-order valence-electron chi connectivity index (χ2n) is 6.83. The molecule has 0 heterocycles. The number of hydrogen-bond donors (Lipinski definition) is 0. The van der Waals surface area contributed by atoms with Crippen LogP contribution in [0.1, 0.15) is 98.3 Å². The zero-order valence-electron chi connectivity index (χ0n) is 20.3. The third-order valence-electron chi connectivity index (χ3n) is 3.99. The van der Waals surface area contributed by atoms with Gasteiger partial charge in [-0.05, 0) is 37.3 Å². The Morgan fingerprint density at radius 2 is 1.38 bits per heavy atom. The van der Waals surface area contributed by atoms with Crippen molar-refractivity contribution in [2.75, 3.05) is 13.2 Å². The Bertz CT molecular complexity index is 720. The zero-order chi connectivity index (χ0) is 22.7. The van der Waals surface area contributed by atoms with Gasteiger partial charge in [0.25, 0.3) is 0 Å². The van der Waals surface area contributed by atoms with E-state index in [-0.39, 0.29) is 13.2 Å². The molecule has 4 nitrogen and oxygen atoms in total. The molecule has 1 aromatic rings. The molecule has 26 heavy (non-hydrogen) atoms. The van der Waals surface area contributed by atoms with Crippen LogP contribution in [-0.4, -0.2) is 25.2 Å².